The number of rotatable bonds is 10. The number of likely N-dealkylation sites (N-methyl/N-ethyl adjacent to an activating group) is 1. The van der Waals surface area contributed by atoms with Gasteiger partial charge in [0.1, 0.15) is 6.10 Å². The van der Waals surface area contributed by atoms with Crippen LogP contribution in [0.3, 0.4) is 0 Å². The molecule has 2 bridgehead atoms. The lowest BCUT2D eigenvalue weighted by Gasteiger charge is -2.73. The average Bonchev–Trinajstić information content (AvgIpc) is 3.30. The highest BCUT2D eigenvalue weighted by Gasteiger charge is 2.73. The van der Waals surface area contributed by atoms with E-state index in [0.29, 0.717) is 45.6 Å². The van der Waals surface area contributed by atoms with Crippen molar-refractivity contribution in [3.8, 4) is 0 Å². The van der Waals surface area contributed by atoms with Crippen molar-refractivity contribution in [1.29, 1.82) is 0 Å². The van der Waals surface area contributed by atoms with E-state index in [0.717, 1.165) is 41.8 Å². The molecule has 0 radical (unpaired) electrons. The molecule has 46 heavy (non-hydrogen) atoms. The minimum absolute atomic E-state index is 0.00906. The summed E-state index contributed by atoms with van der Waals surface area (Å²) in [5.74, 6) is 2.95. The zero-order chi connectivity index (χ0) is 33.4. The lowest BCUT2D eigenvalue weighted by molar-refractivity contribution is -0.883. The molecule has 4 heteroatoms. The highest BCUT2D eigenvalue weighted by Crippen LogP contribution is 2.78. The van der Waals surface area contributed by atoms with Crippen LogP contribution < -0.4 is 0 Å². The molecule has 6 fully saturated rings. The summed E-state index contributed by atoms with van der Waals surface area (Å²) in [6, 6.07) is 0. The monoisotopic (exact) mass is 641 g/mol. The Morgan fingerprint density at radius 1 is 0.761 bits per heavy atom. The Balaban J connectivity index is 1.13. The maximum Gasteiger partial charge on any atom is 0.362 e. The molecular weight excluding hydrogens is 566 g/mol. The fourth-order valence-corrected chi connectivity index (χ4v) is 14.1. The van der Waals surface area contributed by atoms with Crippen LogP contribution >= 0.6 is 0 Å². The maximum atomic E-state index is 13.5. The number of esters is 1. The number of carbonyl (C=O) groups excluding carboxylic acids is 1. The summed E-state index contributed by atoms with van der Waals surface area (Å²) >= 11 is 0. The first kappa shape index (κ1) is 35.2. The molecule has 6 rings (SSSR count). The van der Waals surface area contributed by atoms with E-state index in [4.69, 9.17) is 9.47 Å². The summed E-state index contributed by atoms with van der Waals surface area (Å²) in [6.07, 6.45) is 21.4. The number of ether oxygens (including phenoxy) is 2. The average molecular weight is 641 g/mol. The topological polar surface area (TPSA) is 35.5 Å². The second-order valence-electron chi connectivity index (χ2n) is 20.7. The van der Waals surface area contributed by atoms with E-state index in [1.807, 2.05) is 0 Å². The lowest BCUT2D eigenvalue weighted by atomic mass is 9.31. The van der Waals surface area contributed by atoms with Crippen molar-refractivity contribution < 1.29 is 18.8 Å². The molecule has 264 valence electrons. The zero-order valence-electron chi connectivity index (χ0n) is 32.1. The molecule has 1 heterocycles. The van der Waals surface area contributed by atoms with E-state index in [1.165, 1.54) is 96.3 Å². The standard InChI is InChI=1S/C42H74NO3/c1-11-12-13-14-15-16-27-43(9,10)28-34(44)46-33-20-21-39(6)31(38(33,4)5)19-22-41(8)32(39)18-17-30-35-36-37(2,3)23-25-42(35,29-45-36)26-24-40(30,41)7/h30-33,35-36H,11-29H2,1-10H3/q+1/t30-,31+,32-,33+,35+,36+,39+,40-,41-,42-/m1/s1. The van der Waals surface area contributed by atoms with Crippen molar-refractivity contribution in [2.24, 2.45) is 56.2 Å². The molecule has 0 N–H and O–H groups in total. The minimum Gasteiger partial charge on any atom is -0.458 e. The van der Waals surface area contributed by atoms with Crippen LogP contribution in [0, 0.1) is 56.2 Å². The molecule has 5 saturated carbocycles. The Morgan fingerprint density at radius 2 is 1.46 bits per heavy atom. The third-order valence-corrected chi connectivity index (χ3v) is 17.0. The van der Waals surface area contributed by atoms with Gasteiger partial charge in [-0.25, -0.2) is 4.79 Å². The van der Waals surface area contributed by atoms with Gasteiger partial charge in [-0.05, 0) is 128 Å². The van der Waals surface area contributed by atoms with Gasteiger partial charge in [-0.3, -0.25) is 0 Å². The molecule has 5 aliphatic carbocycles. The number of carbonyl (C=O) groups is 1. The van der Waals surface area contributed by atoms with Gasteiger partial charge in [-0.15, -0.1) is 0 Å². The van der Waals surface area contributed by atoms with Gasteiger partial charge < -0.3 is 14.0 Å². The number of fused-ring (bicyclic) bond motifs is 5. The Hall–Kier alpha value is -0.610. The Morgan fingerprint density at radius 3 is 2.20 bits per heavy atom. The molecule has 6 aliphatic rings. The minimum atomic E-state index is 0.00906. The van der Waals surface area contributed by atoms with Crippen LogP contribution in [-0.2, 0) is 14.3 Å². The van der Waals surface area contributed by atoms with Crippen molar-refractivity contribution in [3.63, 3.8) is 0 Å². The number of unbranched alkanes of at least 4 members (excludes halogenated alkanes) is 5. The van der Waals surface area contributed by atoms with Crippen molar-refractivity contribution >= 4 is 5.97 Å². The molecule has 0 amide bonds. The smallest absolute Gasteiger partial charge is 0.362 e. The molecule has 0 spiro atoms. The summed E-state index contributed by atoms with van der Waals surface area (Å²) in [5.41, 5.74) is 1.87. The van der Waals surface area contributed by atoms with Crippen molar-refractivity contribution in [3.05, 3.63) is 0 Å². The Labute approximate surface area is 284 Å². The van der Waals surface area contributed by atoms with Crippen molar-refractivity contribution in [1.82, 2.24) is 0 Å². The van der Waals surface area contributed by atoms with E-state index < -0.39 is 0 Å². The first-order chi connectivity index (χ1) is 21.5. The fraction of sp³-hybridized carbons (Fsp3) is 0.976. The molecule has 0 aromatic carbocycles. The highest BCUT2D eigenvalue weighted by molar-refractivity contribution is 5.70. The largest absolute Gasteiger partial charge is 0.458 e. The first-order valence-electron chi connectivity index (χ1n) is 20.1. The summed E-state index contributed by atoms with van der Waals surface area (Å²) < 4.78 is 14.0. The molecule has 4 nitrogen and oxygen atoms in total. The molecule has 1 saturated heterocycles. The van der Waals surface area contributed by atoms with Crippen LogP contribution in [0.1, 0.15) is 158 Å². The number of quaternary nitrogens is 1. The molecule has 0 aromatic heterocycles. The fourth-order valence-electron chi connectivity index (χ4n) is 14.1. The summed E-state index contributed by atoms with van der Waals surface area (Å²) in [4.78, 5) is 13.5. The van der Waals surface area contributed by atoms with Gasteiger partial charge in [0.15, 0.2) is 6.54 Å². The SMILES string of the molecule is CCCCCCCC[N+](C)(C)CC(=O)O[C@H]1CC[C@]2(C)[C@H]3CC[C@@H]4[C@H]5[C@@H]6OC[C@@]5(CCC6(C)C)CC[C@@]4(C)[C@]3(C)CC[C@H]2C1(C)C. The summed E-state index contributed by atoms with van der Waals surface area (Å²) in [5, 5.41) is 0. The second-order valence-corrected chi connectivity index (χ2v) is 20.7. The van der Waals surface area contributed by atoms with Crippen LogP contribution in [-0.4, -0.2) is 56.5 Å². The number of hydrogen-bond acceptors (Lipinski definition) is 3. The Kier molecular flexibility index (Phi) is 9.20. The summed E-state index contributed by atoms with van der Waals surface area (Å²) in [6.45, 7) is 23.0. The third kappa shape index (κ3) is 5.47. The van der Waals surface area contributed by atoms with Crippen molar-refractivity contribution in [2.45, 2.75) is 170 Å². The van der Waals surface area contributed by atoms with Crippen LogP contribution in [0.5, 0.6) is 0 Å². The van der Waals surface area contributed by atoms with Crippen molar-refractivity contribution in [2.75, 3.05) is 33.8 Å². The van der Waals surface area contributed by atoms with Gasteiger partial charge in [0.05, 0.1) is 33.4 Å². The highest BCUT2D eigenvalue weighted by atomic mass is 16.5. The zero-order valence-corrected chi connectivity index (χ0v) is 32.1. The Bertz CT molecular complexity index is 1130. The first-order valence-corrected chi connectivity index (χ1v) is 20.1. The van der Waals surface area contributed by atoms with E-state index in [1.54, 1.807) is 0 Å². The normalized spacial score (nSPS) is 45.6. The predicted molar refractivity (Wildman–Crippen MR) is 189 cm³/mol. The maximum absolute atomic E-state index is 13.5. The quantitative estimate of drug-likeness (QED) is 0.135. The van der Waals surface area contributed by atoms with Gasteiger partial charge in [-0.1, -0.05) is 81.1 Å². The summed E-state index contributed by atoms with van der Waals surface area (Å²) in [7, 11) is 4.43. The van der Waals surface area contributed by atoms with E-state index in [-0.39, 0.29) is 17.5 Å². The van der Waals surface area contributed by atoms with Gasteiger partial charge >= 0.3 is 5.97 Å². The second kappa shape index (κ2) is 12.0. The van der Waals surface area contributed by atoms with Crippen LogP contribution in [0.25, 0.3) is 0 Å². The van der Waals surface area contributed by atoms with Gasteiger partial charge in [0, 0.05) is 5.41 Å². The lowest BCUT2D eigenvalue weighted by Crippen LogP contribution is -2.68. The molecule has 0 aromatic rings. The number of nitrogens with zero attached hydrogens (tertiary/aromatic N) is 1. The molecule has 0 unspecified atom stereocenters. The van der Waals surface area contributed by atoms with E-state index >= 15 is 0 Å². The molecule has 10 atom stereocenters. The van der Waals surface area contributed by atoms with Gasteiger partial charge in [0.25, 0.3) is 0 Å². The predicted octanol–water partition coefficient (Wildman–Crippen LogP) is 10.2. The van der Waals surface area contributed by atoms with E-state index in [9.17, 15) is 4.79 Å². The van der Waals surface area contributed by atoms with E-state index in [2.05, 4.69) is 69.5 Å². The van der Waals surface area contributed by atoms with Gasteiger partial charge in [-0.2, -0.15) is 0 Å². The molecule has 1 aliphatic heterocycles. The van der Waals surface area contributed by atoms with Crippen LogP contribution in [0.15, 0.2) is 0 Å². The van der Waals surface area contributed by atoms with Crippen LogP contribution in [0.2, 0.25) is 0 Å². The van der Waals surface area contributed by atoms with Gasteiger partial charge in [0.2, 0.25) is 0 Å². The number of hydrogen-bond donors (Lipinski definition) is 0. The van der Waals surface area contributed by atoms with Crippen LogP contribution in [0.4, 0.5) is 0 Å². The third-order valence-electron chi connectivity index (χ3n) is 17.0. The molecular formula is C42H74NO3+.